The van der Waals surface area contributed by atoms with E-state index in [0.717, 1.165) is 78.4 Å². The van der Waals surface area contributed by atoms with Gasteiger partial charge in [-0.1, -0.05) is 43.3 Å². The van der Waals surface area contributed by atoms with Crippen LogP contribution >= 0.6 is 11.3 Å². The Balaban J connectivity index is 1.09. The third-order valence-electron chi connectivity index (χ3n) is 9.87. The van der Waals surface area contributed by atoms with Gasteiger partial charge in [0, 0.05) is 32.1 Å². The fourth-order valence-electron chi connectivity index (χ4n) is 7.07. The maximum absolute atomic E-state index is 14.1. The van der Waals surface area contributed by atoms with Crippen LogP contribution in [0.15, 0.2) is 40.4 Å². The first-order valence-corrected chi connectivity index (χ1v) is 17.3. The molecular weight excluding hydrogens is 588 g/mol. The highest BCUT2D eigenvalue weighted by Crippen LogP contribution is 2.35. The molecule has 6 rings (SSSR count). The number of aryl methyl sites for hydroxylation is 1. The number of thiazole rings is 1. The number of likely N-dealkylation sites (tertiary alicyclic amines) is 1. The maximum Gasteiger partial charge on any atom is 0.243 e. The summed E-state index contributed by atoms with van der Waals surface area (Å²) in [4.78, 5) is 36.9. The quantitative estimate of drug-likeness (QED) is 0.298. The number of carbonyl (C=O) groups is 2. The monoisotopic (exact) mass is 634 g/mol. The molecule has 0 saturated carbocycles. The number of aromatic nitrogens is 2. The molecule has 0 unspecified atom stereocenters. The van der Waals surface area contributed by atoms with Crippen molar-refractivity contribution in [1.82, 2.24) is 25.7 Å². The van der Waals surface area contributed by atoms with Gasteiger partial charge >= 0.3 is 0 Å². The lowest BCUT2D eigenvalue weighted by atomic mass is 9.84. The fourth-order valence-corrected chi connectivity index (χ4v) is 7.89. The lowest BCUT2D eigenvalue weighted by Gasteiger charge is -2.36. The molecule has 3 aromatic rings. The Morgan fingerprint density at radius 3 is 2.49 bits per heavy atom. The standard InChI is InChI=1S/C34H46N6O4S/c1-20(2)31(29-15-30(38-44-29)39-11-9-23(10-12-39)13-24-16-35-17-24)34(43)40-18-27(41)14-28(40)33(42)37-21(3)25-5-7-26(8-6-25)32-22(4)36-19-45-32/h5-8,15,19-21,23-24,27-28,31,35,41H,9-14,16-18H2,1-4H3,(H,37,42)/t21-,27+,28-,31-/m0/s1. The normalized spacial score (nSPS) is 22.4. The lowest BCUT2D eigenvalue weighted by Crippen LogP contribution is -2.48. The first-order valence-electron chi connectivity index (χ1n) is 16.4. The smallest absolute Gasteiger partial charge is 0.243 e. The predicted molar refractivity (Wildman–Crippen MR) is 175 cm³/mol. The van der Waals surface area contributed by atoms with Crippen molar-refractivity contribution in [2.75, 3.05) is 37.6 Å². The number of rotatable bonds is 10. The van der Waals surface area contributed by atoms with E-state index in [1.807, 2.05) is 63.5 Å². The van der Waals surface area contributed by atoms with Crippen LogP contribution in [0.3, 0.4) is 0 Å². The zero-order valence-corrected chi connectivity index (χ0v) is 27.6. The summed E-state index contributed by atoms with van der Waals surface area (Å²) >= 11 is 1.61. The Hall–Kier alpha value is -3.28. The van der Waals surface area contributed by atoms with Gasteiger partial charge in [-0.3, -0.25) is 9.59 Å². The third-order valence-corrected chi connectivity index (χ3v) is 10.8. The number of nitrogens with zero attached hydrogens (tertiary/aromatic N) is 4. The van der Waals surface area contributed by atoms with Crippen molar-refractivity contribution in [3.63, 3.8) is 0 Å². The number of benzene rings is 1. The molecule has 2 amide bonds. The summed E-state index contributed by atoms with van der Waals surface area (Å²) < 4.78 is 5.81. The van der Waals surface area contributed by atoms with E-state index < -0.39 is 18.1 Å². The maximum atomic E-state index is 14.1. The van der Waals surface area contributed by atoms with Crippen LogP contribution in [0.25, 0.3) is 10.4 Å². The first-order chi connectivity index (χ1) is 21.7. The van der Waals surface area contributed by atoms with Gasteiger partial charge in [-0.05, 0) is 75.1 Å². The van der Waals surface area contributed by atoms with E-state index in [9.17, 15) is 14.7 Å². The molecule has 45 heavy (non-hydrogen) atoms. The molecule has 3 aliphatic heterocycles. The minimum Gasteiger partial charge on any atom is -0.391 e. The molecule has 3 aliphatic rings. The number of anilines is 1. The third kappa shape index (κ3) is 6.95. The zero-order valence-electron chi connectivity index (χ0n) is 26.7. The molecule has 0 bridgehead atoms. The molecule has 5 heterocycles. The lowest BCUT2D eigenvalue weighted by molar-refractivity contribution is -0.141. The van der Waals surface area contributed by atoms with Gasteiger partial charge < -0.3 is 30.1 Å². The summed E-state index contributed by atoms with van der Waals surface area (Å²) in [6, 6.07) is 8.98. The largest absolute Gasteiger partial charge is 0.391 e. The summed E-state index contributed by atoms with van der Waals surface area (Å²) in [7, 11) is 0. The van der Waals surface area contributed by atoms with E-state index in [1.54, 1.807) is 11.3 Å². The van der Waals surface area contributed by atoms with Crippen LogP contribution in [-0.2, 0) is 9.59 Å². The van der Waals surface area contributed by atoms with E-state index in [2.05, 4.69) is 25.7 Å². The van der Waals surface area contributed by atoms with Crippen molar-refractivity contribution < 1.29 is 19.2 Å². The Morgan fingerprint density at radius 2 is 1.87 bits per heavy atom. The SMILES string of the molecule is Cc1ncsc1-c1ccc([C@H](C)NC(=O)[C@@H]2C[C@@H](O)CN2C(=O)[C@H](c2cc(N3CCC(CC4CNC4)CC3)no2)C(C)C)cc1. The van der Waals surface area contributed by atoms with Gasteiger partial charge in [0.2, 0.25) is 11.8 Å². The zero-order chi connectivity index (χ0) is 31.7. The summed E-state index contributed by atoms with van der Waals surface area (Å²) in [6.07, 6.45) is 3.01. The minimum absolute atomic E-state index is 0.0822. The van der Waals surface area contributed by atoms with Gasteiger partial charge in [0.05, 0.1) is 28.2 Å². The van der Waals surface area contributed by atoms with Crippen LogP contribution in [-0.4, -0.2) is 76.8 Å². The molecule has 242 valence electrons. The van der Waals surface area contributed by atoms with Crippen LogP contribution in [0, 0.1) is 24.7 Å². The minimum atomic E-state index is -0.767. The number of β-amino-alcohol motifs (C(OH)–C–C–N with tert-alkyl or cyclic N) is 1. The van der Waals surface area contributed by atoms with Crippen molar-refractivity contribution in [2.24, 2.45) is 17.8 Å². The van der Waals surface area contributed by atoms with E-state index in [4.69, 9.17) is 4.52 Å². The van der Waals surface area contributed by atoms with E-state index in [0.29, 0.717) is 5.76 Å². The second-order valence-electron chi connectivity index (χ2n) is 13.5. The van der Waals surface area contributed by atoms with Gasteiger partial charge in [0.25, 0.3) is 0 Å². The predicted octanol–water partition coefficient (Wildman–Crippen LogP) is 4.51. The van der Waals surface area contributed by atoms with Gasteiger partial charge in [-0.25, -0.2) is 4.98 Å². The summed E-state index contributed by atoms with van der Waals surface area (Å²) in [5.74, 6) is 1.69. The molecule has 10 nitrogen and oxygen atoms in total. The average Bonchev–Trinajstić information content (AvgIpc) is 3.75. The van der Waals surface area contributed by atoms with Crippen LogP contribution in [0.1, 0.15) is 75.4 Å². The topological polar surface area (TPSA) is 124 Å². The van der Waals surface area contributed by atoms with Crippen LogP contribution < -0.4 is 15.5 Å². The summed E-state index contributed by atoms with van der Waals surface area (Å²) in [6.45, 7) is 12.2. The number of nitrogens with one attached hydrogen (secondary N) is 2. The number of hydrogen-bond donors (Lipinski definition) is 3. The second kappa shape index (κ2) is 13.6. The molecular formula is C34H46N6O4S. The van der Waals surface area contributed by atoms with Crippen LogP contribution in [0.4, 0.5) is 5.82 Å². The molecule has 3 N–H and O–H groups in total. The number of amides is 2. The van der Waals surface area contributed by atoms with Crippen molar-refractivity contribution in [1.29, 1.82) is 0 Å². The summed E-state index contributed by atoms with van der Waals surface area (Å²) in [5, 5.41) is 21.4. The Bertz CT molecular complexity index is 1460. The number of carbonyl (C=O) groups excluding carboxylic acids is 2. The molecule has 3 saturated heterocycles. The Labute approximate surface area is 269 Å². The van der Waals surface area contributed by atoms with E-state index >= 15 is 0 Å². The Morgan fingerprint density at radius 1 is 1.13 bits per heavy atom. The van der Waals surface area contributed by atoms with Gasteiger partial charge in [0.1, 0.15) is 12.0 Å². The van der Waals surface area contributed by atoms with E-state index in [-0.39, 0.29) is 36.7 Å². The molecule has 0 radical (unpaired) electrons. The van der Waals surface area contributed by atoms with Crippen molar-refractivity contribution in [3.05, 3.63) is 52.9 Å². The molecule has 0 spiro atoms. The van der Waals surface area contributed by atoms with Gasteiger partial charge in [-0.2, -0.15) is 0 Å². The number of piperidine rings is 1. The molecule has 3 fully saturated rings. The highest BCUT2D eigenvalue weighted by atomic mass is 32.1. The first kappa shape index (κ1) is 31.7. The van der Waals surface area contributed by atoms with Crippen LogP contribution in [0.2, 0.25) is 0 Å². The molecule has 11 heteroatoms. The van der Waals surface area contributed by atoms with Crippen molar-refractivity contribution >= 4 is 29.0 Å². The number of aliphatic hydroxyl groups excluding tert-OH is 1. The Kier molecular flexibility index (Phi) is 9.58. The van der Waals surface area contributed by atoms with Crippen LogP contribution in [0.5, 0.6) is 0 Å². The molecule has 2 aromatic heterocycles. The van der Waals surface area contributed by atoms with E-state index in [1.165, 1.54) is 11.3 Å². The van der Waals surface area contributed by atoms with Crippen molar-refractivity contribution in [3.8, 4) is 10.4 Å². The average molecular weight is 635 g/mol. The number of hydrogen-bond acceptors (Lipinski definition) is 9. The second-order valence-corrected chi connectivity index (χ2v) is 14.4. The molecule has 0 aliphatic carbocycles. The van der Waals surface area contributed by atoms with Gasteiger partial charge in [-0.15, -0.1) is 11.3 Å². The van der Waals surface area contributed by atoms with Crippen molar-refractivity contribution in [2.45, 2.75) is 77.5 Å². The molecule has 1 aromatic carbocycles. The highest BCUT2D eigenvalue weighted by molar-refractivity contribution is 7.13. The highest BCUT2D eigenvalue weighted by Gasteiger charge is 2.43. The number of aliphatic hydroxyl groups is 1. The van der Waals surface area contributed by atoms with Gasteiger partial charge in [0.15, 0.2) is 11.6 Å². The molecule has 4 atom stereocenters. The summed E-state index contributed by atoms with van der Waals surface area (Å²) in [5.41, 5.74) is 4.89. The fraction of sp³-hybridized carbons (Fsp3) is 0.588.